The van der Waals surface area contributed by atoms with Gasteiger partial charge in [-0.1, -0.05) is 6.92 Å². The fourth-order valence-corrected chi connectivity index (χ4v) is 3.82. The highest BCUT2D eigenvalue weighted by atomic mass is 79.9. The van der Waals surface area contributed by atoms with Crippen molar-refractivity contribution in [3.8, 4) is 0 Å². The topological polar surface area (TPSA) is 41.1 Å². The van der Waals surface area contributed by atoms with Crippen molar-refractivity contribution in [3.63, 3.8) is 0 Å². The standard InChI is InChI=1S/C13H16Br2N2O/c1-7-5-9(14)12(10(15)6-7)17-13(18)11-8(2)3-4-16-11/h5-6,8,11,16H,3-4H2,1-2H3,(H,17,18). The molecule has 5 heteroatoms. The van der Waals surface area contributed by atoms with Crippen LogP contribution in [0, 0.1) is 12.8 Å². The fraction of sp³-hybridized carbons (Fsp3) is 0.462. The molecule has 1 amide bonds. The van der Waals surface area contributed by atoms with Gasteiger partial charge in [-0.05, 0) is 75.4 Å². The summed E-state index contributed by atoms with van der Waals surface area (Å²) in [6.45, 7) is 5.03. The van der Waals surface area contributed by atoms with Crippen molar-refractivity contribution in [3.05, 3.63) is 26.6 Å². The number of benzene rings is 1. The van der Waals surface area contributed by atoms with E-state index >= 15 is 0 Å². The molecule has 18 heavy (non-hydrogen) atoms. The van der Waals surface area contributed by atoms with Crippen LogP contribution in [-0.4, -0.2) is 18.5 Å². The van der Waals surface area contributed by atoms with E-state index in [-0.39, 0.29) is 11.9 Å². The normalized spacial score (nSPS) is 23.1. The van der Waals surface area contributed by atoms with E-state index in [0.717, 1.165) is 33.2 Å². The quantitative estimate of drug-likeness (QED) is 0.831. The van der Waals surface area contributed by atoms with Crippen molar-refractivity contribution in [1.82, 2.24) is 5.32 Å². The summed E-state index contributed by atoms with van der Waals surface area (Å²) in [7, 11) is 0. The van der Waals surface area contributed by atoms with Crippen molar-refractivity contribution in [2.45, 2.75) is 26.3 Å². The maximum absolute atomic E-state index is 12.2. The molecular formula is C13H16Br2N2O. The first-order valence-corrected chi connectivity index (χ1v) is 7.57. The summed E-state index contributed by atoms with van der Waals surface area (Å²) in [4.78, 5) is 12.2. The number of carbonyl (C=O) groups excluding carboxylic acids is 1. The number of hydrogen-bond donors (Lipinski definition) is 2. The summed E-state index contributed by atoms with van der Waals surface area (Å²) in [5, 5.41) is 6.22. The molecule has 1 fully saturated rings. The molecular weight excluding hydrogens is 360 g/mol. The first-order chi connectivity index (χ1) is 8.49. The molecule has 3 nitrogen and oxygen atoms in total. The Hall–Kier alpha value is -0.390. The van der Waals surface area contributed by atoms with Gasteiger partial charge in [0.2, 0.25) is 5.91 Å². The molecule has 1 aliphatic rings. The third-order valence-corrected chi connectivity index (χ3v) is 4.50. The number of halogens is 2. The first kappa shape index (κ1) is 14.0. The Morgan fingerprint density at radius 2 is 2.00 bits per heavy atom. The van der Waals surface area contributed by atoms with Crippen LogP contribution in [-0.2, 0) is 4.79 Å². The highest BCUT2D eigenvalue weighted by molar-refractivity contribution is 9.11. The maximum atomic E-state index is 12.2. The lowest BCUT2D eigenvalue weighted by molar-refractivity contribution is -0.118. The Bertz CT molecular complexity index is 453. The fourth-order valence-electron chi connectivity index (χ4n) is 2.21. The monoisotopic (exact) mass is 374 g/mol. The SMILES string of the molecule is Cc1cc(Br)c(NC(=O)C2NCCC2C)c(Br)c1. The second kappa shape index (κ2) is 5.72. The Morgan fingerprint density at radius 3 is 2.50 bits per heavy atom. The van der Waals surface area contributed by atoms with E-state index in [1.165, 1.54) is 0 Å². The molecule has 1 aromatic rings. The van der Waals surface area contributed by atoms with Crippen LogP contribution in [0.25, 0.3) is 0 Å². The zero-order valence-corrected chi connectivity index (χ0v) is 13.6. The molecule has 2 N–H and O–H groups in total. The van der Waals surface area contributed by atoms with E-state index in [2.05, 4.69) is 49.4 Å². The maximum Gasteiger partial charge on any atom is 0.241 e. The average Bonchev–Trinajstić information content (AvgIpc) is 2.69. The number of aryl methyl sites for hydroxylation is 1. The van der Waals surface area contributed by atoms with Crippen LogP contribution >= 0.6 is 31.9 Å². The molecule has 2 atom stereocenters. The Labute approximate surface area is 124 Å². The number of hydrogen-bond acceptors (Lipinski definition) is 2. The third kappa shape index (κ3) is 2.95. The number of rotatable bonds is 2. The Kier molecular flexibility index (Phi) is 4.45. The number of carbonyl (C=O) groups is 1. The van der Waals surface area contributed by atoms with Crippen LogP contribution in [0.2, 0.25) is 0 Å². The van der Waals surface area contributed by atoms with Gasteiger partial charge < -0.3 is 10.6 Å². The van der Waals surface area contributed by atoms with Gasteiger partial charge >= 0.3 is 0 Å². The van der Waals surface area contributed by atoms with Gasteiger partial charge in [0.15, 0.2) is 0 Å². The van der Waals surface area contributed by atoms with Crippen molar-refractivity contribution >= 4 is 43.5 Å². The number of nitrogens with one attached hydrogen (secondary N) is 2. The lowest BCUT2D eigenvalue weighted by Crippen LogP contribution is -2.39. The second-order valence-corrected chi connectivity index (χ2v) is 6.50. The molecule has 0 saturated carbocycles. The van der Waals surface area contributed by atoms with E-state index in [4.69, 9.17) is 0 Å². The highest BCUT2D eigenvalue weighted by Crippen LogP contribution is 2.32. The predicted octanol–water partition coefficient (Wildman–Crippen LogP) is 3.46. The first-order valence-electron chi connectivity index (χ1n) is 5.99. The van der Waals surface area contributed by atoms with E-state index in [9.17, 15) is 4.79 Å². The summed E-state index contributed by atoms with van der Waals surface area (Å²) in [5.41, 5.74) is 1.94. The molecule has 1 aliphatic heterocycles. The minimum absolute atomic E-state index is 0.0326. The van der Waals surface area contributed by atoms with Gasteiger partial charge in [0.1, 0.15) is 0 Å². The van der Waals surface area contributed by atoms with Gasteiger partial charge in [0.05, 0.1) is 11.7 Å². The van der Waals surface area contributed by atoms with Crippen LogP contribution in [0.4, 0.5) is 5.69 Å². The van der Waals surface area contributed by atoms with Gasteiger partial charge in [0.25, 0.3) is 0 Å². The van der Waals surface area contributed by atoms with E-state index in [0.29, 0.717) is 5.92 Å². The average molecular weight is 376 g/mol. The van der Waals surface area contributed by atoms with Crippen molar-refractivity contribution in [2.75, 3.05) is 11.9 Å². The van der Waals surface area contributed by atoms with Gasteiger partial charge in [-0.25, -0.2) is 0 Å². The van der Waals surface area contributed by atoms with Crippen molar-refractivity contribution in [2.24, 2.45) is 5.92 Å². The van der Waals surface area contributed by atoms with Gasteiger partial charge in [0, 0.05) is 8.95 Å². The summed E-state index contributed by atoms with van der Waals surface area (Å²) >= 11 is 6.97. The molecule has 1 saturated heterocycles. The van der Waals surface area contributed by atoms with Gasteiger partial charge in [-0.15, -0.1) is 0 Å². The van der Waals surface area contributed by atoms with E-state index in [1.54, 1.807) is 0 Å². The second-order valence-electron chi connectivity index (χ2n) is 4.79. The molecule has 0 bridgehead atoms. The summed E-state index contributed by atoms with van der Waals surface area (Å²) in [6, 6.07) is 3.89. The Morgan fingerprint density at radius 1 is 1.39 bits per heavy atom. The molecule has 98 valence electrons. The third-order valence-electron chi connectivity index (χ3n) is 3.25. The molecule has 0 radical (unpaired) electrons. The molecule has 0 aliphatic carbocycles. The summed E-state index contributed by atoms with van der Waals surface area (Å²) in [6.07, 6.45) is 1.05. The molecule has 0 spiro atoms. The Balaban J connectivity index is 2.17. The smallest absolute Gasteiger partial charge is 0.241 e. The van der Waals surface area contributed by atoms with Gasteiger partial charge in [-0.3, -0.25) is 4.79 Å². The zero-order chi connectivity index (χ0) is 13.3. The zero-order valence-electron chi connectivity index (χ0n) is 10.4. The van der Waals surface area contributed by atoms with Crippen LogP contribution < -0.4 is 10.6 Å². The van der Waals surface area contributed by atoms with Gasteiger partial charge in [-0.2, -0.15) is 0 Å². The summed E-state index contributed by atoms with van der Waals surface area (Å²) in [5.74, 6) is 0.415. The lowest BCUT2D eigenvalue weighted by atomic mass is 10.0. The largest absolute Gasteiger partial charge is 0.323 e. The minimum atomic E-state index is -0.0925. The molecule has 1 aromatic carbocycles. The molecule has 2 unspecified atom stereocenters. The van der Waals surface area contributed by atoms with Crippen molar-refractivity contribution in [1.29, 1.82) is 0 Å². The van der Waals surface area contributed by atoms with Crippen molar-refractivity contribution < 1.29 is 4.79 Å². The minimum Gasteiger partial charge on any atom is -0.323 e. The highest BCUT2D eigenvalue weighted by Gasteiger charge is 2.29. The number of amides is 1. The predicted molar refractivity (Wildman–Crippen MR) is 80.8 cm³/mol. The summed E-state index contributed by atoms with van der Waals surface area (Å²) < 4.78 is 1.79. The lowest BCUT2D eigenvalue weighted by Gasteiger charge is -2.17. The number of anilines is 1. The van der Waals surface area contributed by atoms with Crippen LogP contribution in [0.15, 0.2) is 21.1 Å². The van der Waals surface area contributed by atoms with Crippen LogP contribution in [0.1, 0.15) is 18.9 Å². The van der Waals surface area contributed by atoms with Crippen LogP contribution in [0.5, 0.6) is 0 Å². The molecule has 2 rings (SSSR count). The molecule has 0 aromatic heterocycles. The van der Waals surface area contributed by atoms with Crippen LogP contribution in [0.3, 0.4) is 0 Å². The van der Waals surface area contributed by atoms with E-state index in [1.807, 2.05) is 19.1 Å². The molecule has 1 heterocycles. The van der Waals surface area contributed by atoms with E-state index < -0.39 is 0 Å².